The van der Waals surface area contributed by atoms with Gasteiger partial charge in [-0.1, -0.05) is 67.1 Å². The van der Waals surface area contributed by atoms with Gasteiger partial charge in [0, 0.05) is 6.21 Å². The molecule has 3 fully saturated rings. The minimum atomic E-state index is -0.355. The molecule has 0 bridgehead atoms. The Morgan fingerprint density at radius 2 is 1.66 bits per heavy atom. The Hall–Kier alpha value is -2.30. The molecule has 2 aromatic rings. The Balaban J connectivity index is 1.33. The van der Waals surface area contributed by atoms with Gasteiger partial charge in [-0.05, 0) is 92.7 Å². The molecule has 0 saturated heterocycles. The Kier molecular flexibility index (Phi) is 7.79. The average Bonchev–Trinajstić information content (AvgIpc) is 3.45. The Morgan fingerprint density at radius 1 is 0.971 bits per heavy atom. The zero-order chi connectivity index (χ0) is 24.1. The van der Waals surface area contributed by atoms with Crippen LogP contribution in [-0.4, -0.2) is 24.8 Å². The van der Waals surface area contributed by atoms with E-state index < -0.39 is 0 Å². The molecule has 0 radical (unpaired) electrons. The number of benzene rings is 2. The molecule has 2 aromatic carbocycles. The SMILES string of the molecule is NCC1CCC(C=NC(=O)C23CCCC2C(OCc2ccccc2)C(Cc2ccccc2)C3)CC1. The van der Waals surface area contributed by atoms with Crippen molar-refractivity contribution in [3.63, 3.8) is 0 Å². The molecule has 1 amide bonds. The Labute approximate surface area is 210 Å². The van der Waals surface area contributed by atoms with Crippen LogP contribution in [0.15, 0.2) is 65.7 Å². The van der Waals surface area contributed by atoms with Crippen LogP contribution < -0.4 is 5.73 Å². The third-order valence-corrected chi connectivity index (χ3v) is 9.01. The molecule has 3 aliphatic carbocycles. The van der Waals surface area contributed by atoms with Gasteiger partial charge in [-0.15, -0.1) is 0 Å². The van der Waals surface area contributed by atoms with Crippen molar-refractivity contribution in [2.45, 2.75) is 70.5 Å². The van der Waals surface area contributed by atoms with Crippen LogP contribution in [0.4, 0.5) is 0 Å². The first-order valence-corrected chi connectivity index (χ1v) is 13.7. The fraction of sp³-hybridized carbons (Fsp3) is 0.548. The molecular formula is C31H40N2O2. The Bertz CT molecular complexity index is 984. The molecule has 4 heteroatoms. The highest BCUT2D eigenvalue weighted by Crippen LogP contribution is 2.58. The minimum absolute atomic E-state index is 0.0945. The molecule has 3 saturated carbocycles. The van der Waals surface area contributed by atoms with Crippen molar-refractivity contribution in [1.82, 2.24) is 0 Å². The summed E-state index contributed by atoms with van der Waals surface area (Å²) in [5.74, 6) is 1.78. The fourth-order valence-electron chi connectivity index (χ4n) is 7.10. The van der Waals surface area contributed by atoms with Crippen LogP contribution in [-0.2, 0) is 22.6 Å². The smallest absolute Gasteiger partial charge is 0.251 e. The predicted octanol–water partition coefficient (Wildman–Crippen LogP) is 5.98. The summed E-state index contributed by atoms with van der Waals surface area (Å²) in [5.41, 5.74) is 8.02. The summed E-state index contributed by atoms with van der Waals surface area (Å²) in [6.07, 6.45) is 11.6. The van der Waals surface area contributed by atoms with Crippen LogP contribution in [0.1, 0.15) is 62.5 Å². The van der Waals surface area contributed by atoms with E-state index >= 15 is 0 Å². The number of hydrogen-bond donors (Lipinski definition) is 1. The zero-order valence-corrected chi connectivity index (χ0v) is 20.9. The van der Waals surface area contributed by atoms with E-state index in [2.05, 4.69) is 59.6 Å². The Morgan fingerprint density at radius 3 is 2.34 bits per heavy atom. The molecule has 4 nitrogen and oxygen atoms in total. The standard InChI is InChI=1S/C31H40N2O2/c32-20-24-13-15-25(16-14-24)21-33-30(34)31-17-7-12-28(31)29(35-22-26-10-5-2-6-11-26)27(19-31)18-23-8-3-1-4-9-23/h1-6,8-11,21,24-25,27-29H,7,12-20,22,32H2. The van der Waals surface area contributed by atoms with E-state index in [1.807, 2.05) is 12.3 Å². The molecule has 0 aliphatic heterocycles. The maximum atomic E-state index is 13.8. The highest BCUT2D eigenvalue weighted by atomic mass is 16.5. The number of nitrogens with zero attached hydrogens (tertiary/aromatic N) is 1. The van der Waals surface area contributed by atoms with Crippen molar-refractivity contribution in [3.8, 4) is 0 Å². The number of aliphatic imine (C=N–C) groups is 1. The number of fused-ring (bicyclic) bond motifs is 1. The summed E-state index contributed by atoms with van der Waals surface area (Å²) in [7, 11) is 0. The van der Waals surface area contributed by atoms with Crippen molar-refractivity contribution in [2.75, 3.05) is 6.54 Å². The lowest BCUT2D eigenvalue weighted by molar-refractivity contribution is -0.129. The van der Waals surface area contributed by atoms with Gasteiger partial charge >= 0.3 is 0 Å². The van der Waals surface area contributed by atoms with E-state index in [0.29, 0.717) is 24.4 Å². The summed E-state index contributed by atoms with van der Waals surface area (Å²) >= 11 is 0. The molecule has 3 aliphatic rings. The van der Waals surface area contributed by atoms with E-state index in [4.69, 9.17) is 10.5 Å². The summed E-state index contributed by atoms with van der Waals surface area (Å²) in [5, 5.41) is 0. The van der Waals surface area contributed by atoms with Crippen molar-refractivity contribution in [1.29, 1.82) is 0 Å². The van der Waals surface area contributed by atoms with Gasteiger partial charge in [-0.25, -0.2) is 4.99 Å². The van der Waals surface area contributed by atoms with Gasteiger partial charge in [0.25, 0.3) is 5.91 Å². The molecule has 0 heterocycles. The number of rotatable bonds is 8. The minimum Gasteiger partial charge on any atom is -0.373 e. The summed E-state index contributed by atoms with van der Waals surface area (Å²) in [6.45, 7) is 1.38. The topological polar surface area (TPSA) is 64.7 Å². The highest BCUT2D eigenvalue weighted by Gasteiger charge is 2.59. The second-order valence-electron chi connectivity index (χ2n) is 11.2. The molecule has 35 heavy (non-hydrogen) atoms. The lowest BCUT2D eigenvalue weighted by Crippen LogP contribution is -2.34. The van der Waals surface area contributed by atoms with Crippen molar-refractivity contribution in [2.24, 2.45) is 39.8 Å². The molecule has 0 spiro atoms. The van der Waals surface area contributed by atoms with Gasteiger partial charge in [0.05, 0.1) is 18.1 Å². The fourth-order valence-corrected chi connectivity index (χ4v) is 7.10. The summed E-state index contributed by atoms with van der Waals surface area (Å²) < 4.78 is 6.67. The number of carbonyl (C=O) groups is 1. The molecule has 2 N–H and O–H groups in total. The van der Waals surface area contributed by atoms with Crippen molar-refractivity contribution in [3.05, 3.63) is 71.8 Å². The maximum absolute atomic E-state index is 13.8. The largest absolute Gasteiger partial charge is 0.373 e. The summed E-state index contributed by atoms with van der Waals surface area (Å²) in [6, 6.07) is 21.1. The van der Waals surface area contributed by atoms with Gasteiger partial charge in [-0.2, -0.15) is 0 Å². The van der Waals surface area contributed by atoms with Crippen LogP contribution in [0, 0.1) is 29.1 Å². The van der Waals surface area contributed by atoms with Crippen LogP contribution in [0.5, 0.6) is 0 Å². The number of ether oxygens (including phenoxy) is 1. The molecule has 4 unspecified atom stereocenters. The lowest BCUT2D eigenvalue weighted by atomic mass is 9.78. The van der Waals surface area contributed by atoms with Gasteiger partial charge in [0.2, 0.25) is 0 Å². The molecular weight excluding hydrogens is 432 g/mol. The van der Waals surface area contributed by atoms with Crippen LogP contribution in [0.25, 0.3) is 0 Å². The predicted molar refractivity (Wildman–Crippen MR) is 141 cm³/mol. The molecule has 4 atom stereocenters. The van der Waals surface area contributed by atoms with Gasteiger partial charge < -0.3 is 10.5 Å². The van der Waals surface area contributed by atoms with Crippen molar-refractivity contribution >= 4 is 12.1 Å². The number of carbonyl (C=O) groups excluding carboxylic acids is 1. The van der Waals surface area contributed by atoms with Crippen LogP contribution in [0.2, 0.25) is 0 Å². The van der Waals surface area contributed by atoms with E-state index in [-0.39, 0.29) is 23.3 Å². The maximum Gasteiger partial charge on any atom is 0.251 e. The molecule has 5 rings (SSSR count). The van der Waals surface area contributed by atoms with Crippen LogP contribution >= 0.6 is 0 Å². The third kappa shape index (κ3) is 5.44. The lowest BCUT2D eigenvalue weighted by Gasteiger charge is -2.29. The third-order valence-electron chi connectivity index (χ3n) is 9.01. The second kappa shape index (κ2) is 11.2. The zero-order valence-electron chi connectivity index (χ0n) is 20.9. The van der Waals surface area contributed by atoms with E-state index in [1.165, 1.54) is 11.1 Å². The molecule has 186 valence electrons. The average molecular weight is 473 g/mol. The summed E-state index contributed by atoms with van der Waals surface area (Å²) in [4.78, 5) is 18.4. The quantitative estimate of drug-likeness (QED) is 0.481. The molecule has 0 aromatic heterocycles. The van der Waals surface area contributed by atoms with Gasteiger partial charge in [0.1, 0.15) is 0 Å². The van der Waals surface area contributed by atoms with E-state index in [1.54, 1.807) is 0 Å². The van der Waals surface area contributed by atoms with Gasteiger partial charge in [-0.3, -0.25) is 4.79 Å². The van der Waals surface area contributed by atoms with Crippen LogP contribution in [0.3, 0.4) is 0 Å². The van der Waals surface area contributed by atoms with E-state index in [9.17, 15) is 4.79 Å². The second-order valence-corrected chi connectivity index (χ2v) is 11.2. The first-order chi connectivity index (χ1) is 17.2. The number of nitrogens with two attached hydrogens (primary N) is 1. The number of amides is 1. The van der Waals surface area contributed by atoms with Gasteiger partial charge in [0.15, 0.2) is 0 Å². The van der Waals surface area contributed by atoms with E-state index in [0.717, 1.165) is 64.3 Å². The van der Waals surface area contributed by atoms with Crippen molar-refractivity contribution < 1.29 is 9.53 Å². The normalized spacial score (nSPS) is 32.7. The highest BCUT2D eigenvalue weighted by molar-refractivity contribution is 5.91. The monoisotopic (exact) mass is 472 g/mol. The first kappa shape index (κ1) is 24.4. The first-order valence-electron chi connectivity index (χ1n) is 13.7. The number of hydrogen-bond acceptors (Lipinski definition) is 3.